The van der Waals surface area contributed by atoms with Gasteiger partial charge in [0.1, 0.15) is 0 Å². The third-order valence-corrected chi connectivity index (χ3v) is 2.06. The minimum atomic E-state index is -0.319. The predicted octanol–water partition coefficient (Wildman–Crippen LogP) is 2.87. The summed E-state index contributed by atoms with van der Waals surface area (Å²) in [5, 5.41) is 3.82. The molecule has 3 nitrogen and oxygen atoms in total. The summed E-state index contributed by atoms with van der Waals surface area (Å²) < 4.78 is 4.74. The summed E-state index contributed by atoms with van der Waals surface area (Å²) >= 11 is 5.75. The number of carbonyl (C=O) groups excluding carboxylic acids is 1. The topological polar surface area (TPSA) is 38.3 Å². The lowest BCUT2D eigenvalue weighted by atomic mass is 10.3. The van der Waals surface area contributed by atoms with Crippen molar-refractivity contribution in [2.24, 2.45) is 0 Å². The van der Waals surface area contributed by atoms with Gasteiger partial charge in [-0.05, 0) is 31.2 Å². The summed E-state index contributed by atoms with van der Waals surface area (Å²) in [4.78, 5) is 10.9. The molecule has 0 aliphatic rings. The largest absolute Gasteiger partial charge is 0.463 e. The average Bonchev–Trinajstić information content (AvgIpc) is 2.27. The van der Waals surface area contributed by atoms with Crippen LogP contribution in [0.4, 0.5) is 5.69 Å². The number of benzene rings is 1. The van der Waals surface area contributed by atoms with Gasteiger partial charge in [0.05, 0.1) is 6.61 Å². The van der Waals surface area contributed by atoms with Crippen LogP contribution in [0.3, 0.4) is 0 Å². The summed E-state index contributed by atoms with van der Waals surface area (Å²) in [5.41, 5.74) is 0.956. The van der Waals surface area contributed by atoms with Gasteiger partial charge in [0.25, 0.3) is 0 Å². The van der Waals surface area contributed by atoms with Gasteiger partial charge in [0, 0.05) is 23.3 Å². The van der Waals surface area contributed by atoms with E-state index >= 15 is 0 Å². The van der Waals surface area contributed by atoms with E-state index in [1.54, 1.807) is 25.1 Å². The molecule has 0 heterocycles. The second-order valence-corrected chi connectivity index (χ2v) is 3.48. The molecule has 86 valence electrons. The van der Waals surface area contributed by atoms with Gasteiger partial charge < -0.3 is 10.1 Å². The molecule has 0 atom stereocenters. The van der Waals surface area contributed by atoms with Crippen molar-refractivity contribution in [3.63, 3.8) is 0 Å². The molecule has 0 fully saturated rings. The quantitative estimate of drug-likeness (QED) is 0.634. The first-order chi connectivity index (χ1) is 7.72. The SMILES string of the molecule is CCOC(=O)/C=C/CNc1ccc(Cl)cc1. The molecule has 4 heteroatoms. The van der Waals surface area contributed by atoms with Gasteiger partial charge in [0.2, 0.25) is 0 Å². The van der Waals surface area contributed by atoms with E-state index in [1.165, 1.54) is 6.08 Å². The van der Waals surface area contributed by atoms with Crippen LogP contribution in [0.1, 0.15) is 6.92 Å². The summed E-state index contributed by atoms with van der Waals surface area (Å²) in [6.45, 7) is 2.74. The summed E-state index contributed by atoms with van der Waals surface area (Å²) in [5.74, 6) is -0.319. The number of anilines is 1. The van der Waals surface area contributed by atoms with Crippen molar-refractivity contribution in [3.05, 3.63) is 41.4 Å². The van der Waals surface area contributed by atoms with E-state index < -0.39 is 0 Å². The third-order valence-electron chi connectivity index (χ3n) is 1.81. The lowest BCUT2D eigenvalue weighted by molar-refractivity contribution is -0.137. The zero-order valence-corrected chi connectivity index (χ0v) is 9.83. The van der Waals surface area contributed by atoms with Gasteiger partial charge in [-0.3, -0.25) is 0 Å². The van der Waals surface area contributed by atoms with E-state index in [1.807, 2.05) is 12.1 Å². The predicted molar refractivity (Wildman–Crippen MR) is 65.7 cm³/mol. The highest BCUT2D eigenvalue weighted by Crippen LogP contribution is 2.12. The van der Waals surface area contributed by atoms with E-state index in [0.29, 0.717) is 18.2 Å². The number of esters is 1. The van der Waals surface area contributed by atoms with Gasteiger partial charge in [-0.15, -0.1) is 0 Å². The number of rotatable bonds is 5. The number of halogens is 1. The Hall–Kier alpha value is -1.48. The highest BCUT2D eigenvalue weighted by Gasteiger charge is 1.93. The molecule has 0 radical (unpaired) electrons. The molecule has 0 bridgehead atoms. The first-order valence-electron chi connectivity index (χ1n) is 5.05. The fourth-order valence-electron chi connectivity index (χ4n) is 1.09. The minimum Gasteiger partial charge on any atom is -0.463 e. The maximum atomic E-state index is 10.9. The summed E-state index contributed by atoms with van der Waals surface area (Å²) in [6.07, 6.45) is 3.12. The van der Waals surface area contributed by atoms with E-state index in [-0.39, 0.29) is 5.97 Å². The van der Waals surface area contributed by atoms with Crippen molar-refractivity contribution in [3.8, 4) is 0 Å². The average molecular weight is 240 g/mol. The maximum Gasteiger partial charge on any atom is 0.330 e. The highest BCUT2D eigenvalue weighted by molar-refractivity contribution is 6.30. The van der Waals surface area contributed by atoms with Crippen molar-refractivity contribution >= 4 is 23.3 Å². The molecule has 0 amide bonds. The standard InChI is InChI=1S/C12H14ClNO2/c1-2-16-12(15)4-3-9-14-11-7-5-10(13)6-8-11/h3-8,14H,2,9H2,1H3/b4-3+. The Balaban J connectivity index is 2.30. The molecule has 0 saturated carbocycles. The van der Waals surface area contributed by atoms with Gasteiger partial charge in [-0.2, -0.15) is 0 Å². The molecule has 1 aromatic carbocycles. The summed E-state index contributed by atoms with van der Waals surface area (Å²) in [6, 6.07) is 7.36. The Kier molecular flexibility index (Phi) is 5.43. The number of hydrogen-bond donors (Lipinski definition) is 1. The molecule has 0 aliphatic heterocycles. The monoisotopic (exact) mass is 239 g/mol. The number of nitrogens with one attached hydrogen (secondary N) is 1. The zero-order chi connectivity index (χ0) is 11.8. The van der Waals surface area contributed by atoms with Crippen molar-refractivity contribution in [1.29, 1.82) is 0 Å². The van der Waals surface area contributed by atoms with E-state index in [4.69, 9.17) is 16.3 Å². The second-order valence-electron chi connectivity index (χ2n) is 3.04. The Bertz CT molecular complexity index is 360. The van der Waals surface area contributed by atoms with Crippen LogP contribution < -0.4 is 5.32 Å². The van der Waals surface area contributed by atoms with Crippen molar-refractivity contribution in [2.75, 3.05) is 18.5 Å². The second kappa shape index (κ2) is 6.90. The van der Waals surface area contributed by atoms with Crippen LogP contribution in [0, 0.1) is 0 Å². The van der Waals surface area contributed by atoms with E-state index in [9.17, 15) is 4.79 Å². The zero-order valence-electron chi connectivity index (χ0n) is 9.07. The molecule has 0 aliphatic carbocycles. The first kappa shape index (κ1) is 12.6. The molecule has 0 spiro atoms. The molecule has 0 aromatic heterocycles. The van der Waals surface area contributed by atoms with Crippen LogP contribution in [0.25, 0.3) is 0 Å². The Morgan fingerprint density at radius 1 is 1.44 bits per heavy atom. The fourth-order valence-corrected chi connectivity index (χ4v) is 1.22. The van der Waals surface area contributed by atoms with Crippen molar-refractivity contribution in [2.45, 2.75) is 6.92 Å². The van der Waals surface area contributed by atoms with Gasteiger partial charge in [0.15, 0.2) is 0 Å². The normalized spacial score (nSPS) is 10.4. The number of ether oxygens (including phenoxy) is 1. The van der Waals surface area contributed by atoms with Crippen LogP contribution >= 0.6 is 11.6 Å². The Morgan fingerprint density at radius 3 is 2.75 bits per heavy atom. The molecule has 0 saturated heterocycles. The van der Waals surface area contributed by atoms with Crippen LogP contribution in [0.2, 0.25) is 5.02 Å². The number of carbonyl (C=O) groups is 1. The van der Waals surface area contributed by atoms with E-state index in [2.05, 4.69) is 5.32 Å². The van der Waals surface area contributed by atoms with Crippen molar-refractivity contribution in [1.82, 2.24) is 0 Å². The number of hydrogen-bond acceptors (Lipinski definition) is 3. The summed E-state index contributed by atoms with van der Waals surface area (Å²) in [7, 11) is 0. The van der Waals surface area contributed by atoms with Gasteiger partial charge in [-0.25, -0.2) is 4.79 Å². The highest BCUT2D eigenvalue weighted by atomic mass is 35.5. The smallest absolute Gasteiger partial charge is 0.330 e. The van der Waals surface area contributed by atoms with Gasteiger partial charge >= 0.3 is 5.97 Å². The molecular weight excluding hydrogens is 226 g/mol. The molecule has 1 aromatic rings. The molecule has 16 heavy (non-hydrogen) atoms. The van der Waals surface area contributed by atoms with Gasteiger partial charge in [-0.1, -0.05) is 17.7 Å². The Labute approximate surface area is 100 Å². The first-order valence-corrected chi connectivity index (χ1v) is 5.43. The minimum absolute atomic E-state index is 0.319. The Morgan fingerprint density at radius 2 is 2.12 bits per heavy atom. The lowest BCUT2D eigenvalue weighted by Gasteiger charge is -2.02. The van der Waals surface area contributed by atoms with Crippen molar-refractivity contribution < 1.29 is 9.53 Å². The molecule has 0 unspecified atom stereocenters. The van der Waals surface area contributed by atoms with Crippen LogP contribution in [-0.2, 0) is 9.53 Å². The van der Waals surface area contributed by atoms with Crippen LogP contribution in [0.15, 0.2) is 36.4 Å². The molecular formula is C12H14ClNO2. The fraction of sp³-hybridized carbons (Fsp3) is 0.250. The van der Waals surface area contributed by atoms with Crippen LogP contribution in [-0.4, -0.2) is 19.1 Å². The maximum absolute atomic E-state index is 10.9. The van der Waals surface area contributed by atoms with Crippen LogP contribution in [0.5, 0.6) is 0 Å². The third kappa shape index (κ3) is 4.84. The molecule has 1 N–H and O–H groups in total. The molecule has 1 rings (SSSR count). The van der Waals surface area contributed by atoms with E-state index in [0.717, 1.165) is 5.69 Å². The lowest BCUT2D eigenvalue weighted by Crippen LogP contribution is -2.02.